The lowest BCUT2D eigenvalue weighted by Crippen LogP contribution is -2.43. The molecule has 1 fully saturated rings. The van der Waals surface area contributed by atoms with Crippen molar-refractivity contribution in [1.29, 1.82) is 0 Å². The zero-order valence-electron chi connectivity index (χ0n) is 14.8. The minimum atomic E-state index is -3.81. The van der Waals surface area contributed by atoms with Gasteiger partial charge in [0.2, 0.25) is 15.9 Å². The summed E-state index contributed by atoms with van der Waals surface area (Å²) in [6.07, 6.45) is 0.940. The van der Waals surface area contributed by atoms with E-state index in [1.807, 2.05) is 6.92 Å². The van der Waals surface area contributed by atoms with Gasteiger partial charge in [-0.3, -0.25) is 4.79 Å². The first kappa shape index (κ1) is 19.1. The van der Waals surface area contributed by atoms with Gasteiger partial charge in [-0.15, -0.1) is 0 Å². The predicted molar refractivity (Wildman–Crippen MR) is 100 cm³/mol. The minimum absolute atomic E-state index is 0.0446. The lowest BCUT2D eigenvalue weighted by molar-refractivity contribution is -0.119. The molecule has 7 nitrogen and oxygen atoms in total. The summed E-state index contributed by atoms with van der Waals surface area (Å²) in [6.45, 7) is 2.11. The maximum absolute atomic E-state index is 12.9. The van der Waals surface area contributed by atoms with Crippen molar-refractivity contribution in [3.63, 3.8) is 0 Å². The van der Waals surface area contributed by atoms with Gasteiger partial charge in [0.15, 0.2) is 0 Å². The van der Waals surface area contributed by atoms with Gasteiger partial charge in [-0.2, -0.15) is 4.31 Å². The Labute approximate surface area is 157 Å². The van der Waals surface area contributed by atoms with Crippen molar-refractivity contribution >= 4 is 27.6 Å². The zero-order chi connectivity index (χ0) is 19.6. The lowest BCUT2D eigenvalue weighted by Gasteiger charge is -2.23. The Morgan fingerprint density at radius 3 is 2.44 bits per heavy atom. The Morgan fingerprint density at radius 1 is 1.11 bits per heavy atom. The molecule has 8 heteroatoms. The van der Waals surface area contributed by atoms with Crippen molar-refractivity contribution in [2.75, 3.05) is 11.9 Å². The van der Waals surface area contributed by atoms with E-state index in [9.17, 15) is 23.1 Å². The van der Waals surface area contributed by atoms with Crippen LogP contribution in [0.15, 0.2) is 53.4 Å². The van der Waals surface area contributed by atoms with E-state index in [1.165, 1.54) is 28.6 Å². The van der Waals surface area contributed by atoms with Crippen LogP contribution in [0.3, 0.4) is 0 Å². The van der Waals surface area contributed by atoms with Crippen LogP contribution in [0.4, 0.5) is 5.69 Å². The van der Waals surface area contributed by atoms with Crippen molar-refractivity contribution in [2.24, 2.45) is 0 Å². The minimum Gasteiger partial charge on any atom is -0.478 e. The monoisotopic (exact) mass is 388 g/mol. The second-order valence-electron chi connectivity index (χ2n) is 6.43. The van der Waals surface area contributed by atoms with Crippen LogP contribution in [0.1, 0.15) is 28.8 Å². The quantitative estimate of drug-likeness (QED) is 0.819. The van der Waals surface area contributed by atoms with Crippen LogP contribution in [-0.4, -0.2) is 42.3 Å². The highest BCUT2D eigenvalue weighted by Crippen LogP contribution is 2.27. The van der Waals surface area contributed by atoms with E-state index >= 15 is 0 Å². The number of hydrogen-bond acceptors (Lipinski definition) is 4. The number of aryl methyl sites for hydroxylation is 1. The predicted octanol–water partition coefficient (Wildman–Crippen LogP) is 2.49. The third kappa shape index (κ3) is 3.86. The van der Waals surface area contributed by atoms with E-state index in [4.69, 9.17) is 0 Å². The average molecular weight is 388 g/mol. The Hall–Kier alpha value is -2.71. The summed E-state index contributed by atoms with van der Waals surface area (Å²) in [4.78, 5) is 24.2. The third-order valence-corrected chi connectivity index (χ3v) is 6.47. The van der Waals surface area contributed by atoms with Gasteiger partial charge in [-0.1, -0.05) is 29.8 Å². The van der Waals surface area contributed by atoms with Crippen LogP contribution < -0.4 is 5.32 Å². The van der Waals surface area contributed by atoms with Crippen LogP contribution in [0.25, 0.3) is 0 Å². The number of nitrogens with zero attached hydrogens (tertiary/aromatic N) is 1. The summed E-state index contributed by atoms with van der Waals surface area (Å²) < 4.78 is 27.1. The Balaban J connectivity index is 1.85. The summed E-state index contributed by atoms with van der Waals surface area (Å²) in [5, 5.41) is 11.8. The van der Waals surface area contributed by atoms with Crippen LogP contribution >= 0.6 is 0 Å². The van der Waals surface area contributed by atoms with Gasteiger partial charge >= 0.3 is 5.97 Å². The number of benzene rings is 2. The van der Waals surface area contributed by atoms with Crippen molar-refractivity contribution in [2.45, 2.75) is 30.7 Å². The van der Waals surface area contributed by atoms with E-state index < -0.39 is 27.9 Å². The van der Waals surface area contributed by atoms with Crippen molar-refractivity contribution in [3.05, 3.63) is 59.7 Å². The van der Waals surface area contributed by atoms with E-state index in [0.717, 1.165) is 5.56 Å². The smallest absolute Gasteiger partial charge is 0.337 e. The van der Waals surface area contributed by atoms with Gasteiger partial charge in [0.1, 0.15) is 6.04 Å². The summed E-state index contributed by atoms with van der Waals surface area (Å²) >= 11 is 0. The van der Waals surface area contributed by atoms with Gasteiger partial charge in [0, 0.05) is 6.54 Å². The third-order valence-electron chi connectivity index (χ3n) is 4.55. The Bertz CT molecular complexity index is 970. The molecule has 0 unspecified atom stereocenters. The average Bonchev–Trinajstić information content (AvgIpc) is 3.13. The fourth-order valence-corrected chi connectivity index (χ4v) is 4.79. The highest BCUT2D eigenvalue weighted by atomic mass is 32.2. The summed E-state index contributed by atoms with van der Waals surface area (Å²) in [6, 6.07) is 11.6. The van der Waals surface area contributed by atoms with E-state index in [1.54, 1.807) is 24.3 Å². The first-order valence-electron chi connectivity index (χ1n) is 8.52. The number of amides is 1. The molecule has 142 valence electrons. The summed E-state index contributed by atoms with van der Waals surface area (Å²) in [5.41, 5.74) is 1.04. The van der Waals surface area contributed by atoms with Gasteiger partial charge in [-0.25, -0.2) is 13.2 Å². The zero-order valence-corrected chi connectivity index (χ0v) is 15.6. The fraction of sp³-hybridized carbons (Fsp3) is 0.263. The van der Waals surface area contributed by atoms with Crippen molar-refractivity contribution < 1.29 is 23.1 Å². The number of para-hydroxylation sites is 1. The van der Waals surface area contributed by atoms with Crippen LogP contribution in [0.5, 0.6) is 0 Å². The lowest BCUT2D eigenvalue weighted by atomic mass is 10.1. The standard InChI is InChI=1S/C19H20N2O5S/c1-13-8-10-14(11-9-13)27(25,26)21-12-4-7-17(21)18(22)20-16-6-3-2-5-15(16)19(23)24/h2-3,5-6,8-11,17H,4,7,12H2,1H3,(H,20,22)(H,23,24)/t17-/m1/s1. The molecule has 0 aliphatic carbocycles. The number of carbonyl (C=O) groups is 2. The first-order valence-corrected chi connectivity index (χ1v) is 9.96. The summed E-state index contributed by atoms with van der Waals surface area (Å²) in [5.74, 6) is -1.70. The van der Waals surface area contributed by atoms with Gasteiger partial charge in [0.05, 0.1) is 16.1 Å². The molecule has 1 saturated heterocycles. The molecular weight excluding hydrogens is 368 g/mol. The highest BCUT2D eigenvalue weighted by Gasteiger charge is 2.39. The van der Waals surface area contributed by atoms with Gasteiger partial charge in [0.25, 0.3) is 0 Å². The number of carbonyl (C=O) groups excluding carboxylic acids is 1. The molecule has 0 saturated carbocycles. The topological polar surface area (TPSA) is 104 Å². The molecule has 1 atom stereocenters. The molecule has 2 aromatic carbocycles. The molecule has 0 radical (unpaired) electrons. The largest absolute Gasteiger partial charge is 0.478 e. The van der Waals surface area contributed by atoms with Gasteiger partial charge in [-0.05, 0) is 44.0 Å². The van der Waals surface area contributed by atoms with Crippen molar-refractivity contribution in [3.8, 4) is 0 Å². The molecule has 2 aromatic rings. The second-order valence-corrected chi connectivity index (χ2v) is 8.32. The molecule has 1 heterocycles. The maximum atomic E-state index is 12.9. The number of carboxylic acids is 1. The highest BCUT2D eigenvalue weighted by molar-refractivity contribution is 7.89. The fourth-order valence-electron chi connectivity index (χ4n) is 3.13. The van der Waals surface area contributed by atoms with Crippen LogP contribution in [0.2, 0.25) is 0 Å². The molecule has 27 heavy (non-hydrogen) atoms. The number of sulfonamides is 1. The molecule has 1 aliphatic heterocycles. The molecule has 0 bridgehead atoms. The molecule has 1 aliphatic rings. The van der Waals surface area contributed by atoms with E-state index in [0.29, 0.717) is 12.8 Å². The molecular formula is C19H20N2O5S. The molecule has 0 aromatic heterocycles. The first-order chi connectivity index (χ1) is 12.8. The normalized spacial score (nSPS) is 17.6. The van der Waals surface area contributed by atoms with Crippen molar-refractivity contribution in [1.82, 2.24) is 4.31 Å². The molecule has 3 rings (SSSR count). The molecule has 2 N–H and O–H groups in total. The van der Waals surface area contributed by atoms with E-state index in [2.05, 4.69) is 5.32 Å². The van der Waals surface area contributed by atoms with Crippen LogP contribution in [-0.2, 0) is 14.8 Å². The second kappa shape index (κ2) is 7.50. The Kier molecular flexibility index (Phi) is 5.29. The molecule has 0 spiro atoms. The molecule has 1 amide bonds. The number of carboxylic acid groups (broad SMARTS) is 1. The number of hydrogen-bond donors (Lipinski definition) is 2. The summed E-state index contributed by atoms with van der Waals surface area (Å²) in [7, 11) is -3.81. The van der Waals surface area contributed by atoms with E-state index in [-0.39, 0.29) is 22.7 Å². The van der Waals surface area contributed by atoms with Gasteiger partial charge < -0.3 is 10.4 Å². The maximum Gasteiger partial charge on any atom is 0.337 e. The SMILES string of the molecule is Cc1ccc(S(=O)(=O)N2CCC[C@@H]2C(=O)Nc2ccccc2C(=O)O)cc1. The number of anilines is 1. The number of rotatable bonds is 5. The van der Waals surface area contributed by atoms with Crippen LogP contribution in [0, 0.1) is 6.92 Å². The number of aromatic carboxylic acids is 1. The number of nitrogens with one attached hydrogen (secondary N) is 1. The Morgan fingerprint density at radius 2 is 1.78 bits per heavy atom.